The number of nitro benzene ring substituents is 1. The third-order valence-corrected chi connectivity index (χ3v) is 3.07. The normalized spacial score (nSPS) is 10.2. The highest BCUT2D eigenvalue weighted by Gasteiger charge is 2.16. The second-order valence-electron chi connectivity index (χ2n) is 3.63. The molecule has 0 bridgehead atoms. The Kier molecular flexibility index (Phi) is 4.34. The predicted molar refractivity (Wildman–Crippen MR) is 74.7 cm³/mol. The van der Waals surface area contributed by atoms with Gasteiger partial charge in [-0.05, 0) is 23.8 Å². The van der Waals surface area contributed by atoms with Crippen molar-refractivity contribution in [3.63, 3.8) is 0 Å². The smallest absolute Gasteiger partial charge is 0.312 e. The van der Waals surface area contributed by atoms with Gasteiger partial charge in [0.2, 0.25) is 5.75 Å². The van der Waals surface area contributed by atoms with E-state index in [-0.39, 0.29) is 11.4 Å². The average molecular weight is 344 g/mol. The van der Waals surface area contributed by atoms with Crippen LogP contribution in [0, 0.1) is 10.1 Å². The topological polar surface area (TPSA) is 65.3 Å². The van der Waals surface area contributed by atoms with Gasteiger partial charge in [-0.1, -0.05) is 15.9 Å². The van der Waals surface area contributed by atoms with Gasteiger partial charge in [0.05, 0.1) is 11.1 Å². The molecule has 0 atom stereocenters. The Morgan fingerprint density at radius 2 is 2.16 bits per heavy atom. The molecule has 2 rings (SSSR count). The van der Waals surface area contributed by atoms with Gasteiger partial charge in [0.1, 0.15) is 5.75 Å². The molecule has 0 fully saturated rings. The summed E-state index contributed by atoms with van der Waals surface area (Å²) in [6.45, 7) is 0. The van der Waals surface area contributed by atoms with Crippen molar-refractivity contribution >= 4 is 33.2 Å². The predicted octanol–water partition coefficient (Wildman–Crippen LogP) is 4.28. The van der Waals surface area contributed by atoms with Crippen LogP contribution in [0.4, 0.5) is 5.69 Å². The van der Waals surface area contributed by atoms with Gasteiger partial charge in [-0.3, -0.25) is 15.1 Å². The number of nitro groups is 1. The maximum Gasteiger partial charge on any atom is 0.312 e. The summed E-state index contributed by atoms with van der Waals surface area (Å²) in [5.74, 6) is 0.859. The third kappa shape index (κ3) is 3.42. The van der Waals surface area contributed by atoms with E-state index < -0.39 is 4.92 Å². The summed E-state index contributed by atoms with van der Waals surface area (Å²) in [6, 6.07) is 6.26. The molecule has 1 heterocycles. The minimum Gasteiger partial charge on any atom is -0.448 e. The molecule has 2 aromatic rings. The maximum absolute atomic E-state index is 11.0. The second kappa shape index (κ2) is 5.99. The SMILES string of the molecule is O=[N+]([O-])c1cc(Br)ccc1Oc1cncc(CCl)c1. The second-order valence-corrected chi connectivity index (χ2v) is 4.82. The lowest BCUT2D eigenvalue weighted by molar-refractivity contribution is -0.385. The van der Waals surface area contributed by atoms with Crippen LogP contribution in [0.15, 0.2) is 41.1 Å². The van der Waals surface area contributed by atoms with Gasteiger partial charge in [0, 0.05) is 22.6 Å². The Morgan fingerprint density at radius 3 is 2.84 bits per heavy atom. The van der Waals surface area contributed by atoms with Gasteiger partial charge in [-0.2, -0.15) is 0 Å². The van der Waals surface area contributed by atoms with Gasteiger partial charge < -0.3 is 4.74 Å². The molecule has 0 saturated carbocycles. The molecule has 7 heteroatoms. The molecular formula is C12H8BrClN2O3. The zero-order valence-electron chi connectivity index (χ0n) is 9.55. The van der Waals surface area contributed by atoms with Crippen molar-refractivity contribution < 1.29 is 9.66 Å². The highest BCUT2D eigenvalue weighted by molar-refractivity contribution is 9.10. The zero-order valence-corrected chi connectivity index (χ0v) is 11.9. The van der Waals surface area contributed by atoms with E-state index in [2.05, 4.69) is 20.9 Å². The van der Waals surface area contributed by atoms with Gasteiger partial charge in [0.25, 0.3) is 0 Å². The van der Waals surface area contributed by atoms with Crippen LogP contribution in [0.5, 0.6) is 11.5 Å². The molecule has 0 saturated heterocycles. The fourth-order valence-electron chi connectivity index (χ4n) is 1.44. The Hall–Kier alpha value is -1.66. The van der Waals surface area contributed by atoms with Crippen molar-refractivity contribution in [3.05, 3.63) is 56.8 Å². The molecule has 0 unspecified atom stereocenters. The standard InChI is InChI=1S/C12H8BrClN2O3/c13-9-1-2-12(11(4-9)16(17)18)19-10-3-8(5-14)6-15-7-10/h1-4,6-7H,5H2. The quantitative estimate of drug-likeness (QED) is 0.472. The molecule has 0 amide bonds. The molecule has 0 radical (unpaired) electrons. The fourth-order valence-corrected chi connectivity index (χ4v) is 1.93. The number of hydrogen-bond acceptors (Lipinski definition) is 4. The first-order valence-corrected chi connectivity index (χ1v) is 6.54. The summed E-state index contributed by atoms with van der Waals surface area (Å²) in [4.78, 5) is 14.4. The van der Waals surface area contributed by atoms with E-state index in [9.17, 15) is 10.1 Å². The van der Waals surface area contributed by atoms with Crippen molar-refractivity contribution in [3.8, 4) is 11.5 Å². The summed E-state index contributed by atoms with van der Waals surface area (Å²) in [6.07, 6.45) is 3.08. The van der Waals surface area contributed by atoms with Crippen molar-refractivity contribution in [2.75, 3.05) is 0 Å². The van der Waals surface area contributed by atoms with Crippen LogP contribution < -0.4 is 4.74 Å². The van der Waals surface area contributed by atoms with Gasteiger partial charge >= 0.3 is 5.69 Å². The highest BCUT2D eigenvalue weighted by atomic mass is 79.9. The minimum absolute atomic E-state index is 0.120. The molecule has 19 heavy (non-hydrogen) atoms. The van der Waals surface area contributed by atoms with Gasteiger partial charge in [-0.15, -0.1) is 11.6 Å². The van der Waals surface area contributed by atoms with E-state index >= 15 is 0 Å². The lowest BCUT2D eigenvalue weighted by Gasteiger charge is -2.07. The van der Waals surface area contributed by atoms with Crippen molar-refractivity contribution in [2.45, 2.75) is 5.88 Å². The van der Waals surface area contributed by atoms with Crippen LogP contribution in [0.3, 0.4) is 0 Å². The zero-order chi connectivity index (χ0) is 13.8. The molecule has 1 aromatic carbocycles. The van der Waals surface area contributed by atoms with Crippen LogP contribution in [0.2, 0.25) is 0 Å². The summed E-state index contributed by atoms with van der Waals surface area (Å²) < 4.78 is 6.10. The first kappa shape index (κ1) is 13.8. The Balaban J connectivity index is 2.34. The Labute approximate surface area is 122 Å². The number of pyridine rings is 1. The lowest BCUT2D eigenvalue weighted by atomic mass is 10.3. The van der Waals surface area contributed by atoms with E-state index in [1.165, 1.54) is 18.3 Å². The summed E-state index contributed by atoms with van der Waals surface area (Å²) in [5, 5.41) is 11.0. The maximum atomic E-state index is 11.0. The van der Waals surface area contributed by atoms with E-state index in [4.69, 9.17) is 16.3 Å². The van der Waals surface area contributed by atoms with E-state index in [0.29, 0.717) is 16.1 Å². The summed E-state index contributed by atoms with van der Waals surface area (Å²) in [7, 11) is 0. The largest absolute Gasteiger partial charge is 0.448 e. The van der Waals surface area contributed by atoms with Crippen LogP contribution in [0.1, 0.15) is 5.56 Å². The monoisotopic (exact) mass is 342 g/mol. The molecule has 0 aliphatic heterocycles. The molecule has 1 aromatic heterocycles. The van der Waals surface area contributed by atoms with Crippen molar-refractivity contribution in [1.29, 1.82) is 0 Å². The summed E-state index contributed by atoms with van der Waals surface area (Å²) in [5.41, 5.74) is 0.657. The average Bonchev–Trinajstić information content (AvgIpc) is 2.41. The Morgan fingerprint density at radius 1 is 1.37 bits per heavy atom. The molecule has 0 aliphatic rings. The van der Waals surface area contributed by atoms with Crippen LogP contribution >= 0.6 is 27.5 Å². The number of benzene rings is 1. The molecule has 98 valence electrons. The lowest BCUT2D eigenvalue weighted by Crippen LogP contribution is -1.94. The number of hydrogen-bond donors (Lipinski definition) is 0. The molecule has 0 aliphatic carbocycles. The highest BCUT2D eigenvalue weighted by Crippen LogP contribution is 2.33. The number of aromatic nitrogens is 1. The molecule has 0 N–H and O–H groups in total. The van der Waals surface area contributed by atoms with Crippen LogP contribution in [-0.4, -0.2) is 9.91 Å². The van der Waals surface area contributed by atoms with Gasteiger partial charge in [-0.25, -0.2) is 0 Å². The Bertz CT molecular complexity index is 622. The molecule has 0 spiro atoms. The molecule has 5 nitrogen and oxygen atoms in total. The first-order valence-electron chi connectivity index (χ1n) is 5.22. The van der Waals surface area contributed by atoms with Crippen molar-refractivity contribution in [1.82, 2.24) is 4.98 Å². The van der Waals surface area contributed by atoms with Crippen LogP contribution in [-0.2, 0) is 5.88 Å². The number of ether oxygens (including phenoxy) is 1. The minimum atomic E-state index is -0.501. The first-order chi connectivity index (χ1) is 9.10. The fraction of sp³-hybridized carbons (Fsp3) is 0.0833. The number of halogens is 2. The molecular weight excluding hydrogens is 336 g/mol. The number of alkyl halides is 1. The van der Waals surface area contributed by atoms with E-state index in [1.54, 1.807) is 18.3 Å². The number of nitrogens with zero attached hydrogens (tertiary/aromatic N) is 2. The van der Waals surface area contributed by atoms with Gasteiger partial charge in [0.15, 0.2) is 0 Å². The van der Waals surface area contributed by atoms with Crippen molar-refractivity contribution in [2.24, 2.45) is 0 Å². The van der Waals surface area contributed by atoms with E-state index in [1.807, 2.05) is 0 Å². The number of rotatable bonds is 4. The third-order valence-electron chi connectivity index (χ3n) is 2.27. The summed E-state index contributed by atoms with van der Waals surface area (Å²) >= 11 is 8.88. The van der Waals surface area contributed by atoms with E-state index in [0.717, 1.165) is 5.56 Å². The van der Waals surface area contributed by atoms with Crippen LogP contribution in [0.25, 0.3) is 0 Å².